The van der Waals surface area contributed by atoms with Crippen LogP contribution in [0.25, 0.3) is 0 Å². The molecule has 0 aromatic heterocycles. The van der Waals surface area contributed by atoms with Crippen LogP contribution in [0.5, 0.6) is 17.2 Å². The number of hydrogen-bond acceptors (Lipinski definition) is 4. The maximum atomic E-state index is 11.7. The molecule has 0 unspecified atom stereocenters. The molecule has 7 heteroatoms. The van der Waals surface area contributed by atoms with Gasteiger partial charge < -0.3 is 9.84 Å². The molecule has 0 amide bonds. The van der Waals surface area contributed by atoms with Gasteiger partial charge in [0, 0.05) is 0 Å². The second-order valence-electron chi connectivity index (χ2n) is 5.96. The van der Waals surface area contributed by atoms with Gasteiger partial charge in [-0.1, -0.05) is 56.9 Å². The molecule has 5 nitrogen and oxygen atoms in total. The number of ether oxygens (including phenoxy) is 1. The molecule has 0 aliphatic heterocycles. The van der Waals surface area contributed by atoms with E-state index in [9.17, 15) is 18.1 Å². The molecule has 1 N–H and O–H groups in total. The second-order valence-corrected chi connectivity index (χ2v) is 7.35. The number of hydrogen-bond donors (Lipinski definition) is 1. The molecule has 0 atom stereocenters. The second kappa shape index (κ2) is 10.9. The smallest absolute Gasteiger partial charge is 0.872 e. The average Bonchev–Trinajstić information content (AvgIpc) is 2.57. The van der Waals surface area contributed by atoms with Crippen LogP contribution in [0.3, 0.4) is 0 Å². The summed E-state index contributed by atoms with van der Waals surface area (Å²) < 4.78 is 38.6. The number of aryl methyl sites for hydroxylation is 1. The monoisotopic (exact) mass is 386 g/mol. The summed E-state index contributed by atoms with van der Waals surface area (Å²) in [6.07, 6.45) is 6.08. The minimum absolute atomic E-state index is 0. The van der Waals surface area contributed by atoms with Crippen LogP contribution in [0.1, 0.15) is 44.6 Å². The van der Waals surface area contributed by atoms with Crippen molar-refractivity contribution < 1.29 is 52.4 Å². The molecule has 136 valence electrons. The van der Waals surface area contributed by atoms with Gasteiger partial charge in [0.25, 0.3) is 10.1 Å². The fraction of sp³-hybridized carbons (Fsp3) is 0.368. The van der Waals surface area contributed by atoms with Gasteiger partial charge in [-0.25, -0.2) is 0 Å². The maximum Gasteiger partial charge on any atom is 1.00 e. The molecule has 0 fully saturated rings. The predicted octanol–water partition coefficient (Wildman–Crippen LogP) is 1.32. The summed E-state index contributed by atoms with van der Waals surface area (Å²) >= 11 is 0. The van der Waals surface area contributed by atoms with Crippen molar-refractivity contribution in [2.24, 2.45) is 0 Å². The number of benzene rings is 2. The van der Waals surface area contributed by atoms with Gasteiger partial charge >= 0.3 is 29.6 Å². The van der Waals surface area contributed by atoms with Crippen LogP contribution < -0.4 is 39.4 Å². The van der Waals surface area contributed by atoms with Crippen LogP contribution in [0.15, 0.2) is 47.4 Å². The Morgan fingerprint density at radius 1 is 1.00 bits per heavy atom. The maximum absolute atomic E-state index is 11.7. The average molecular weight is 386 g/mol. The van der Waals surface area contributed by atoms with E-state index in [2.05, 4.69) is 6.92 Å². The largest absolute Gasteiger partial charge is 1.00 e. The number of rotatable bonds is 9. The Morgan fingerprint density at radius 3 is 2.27 bits per heavy atom. The van der Waals surface area contributed by atoms with Gasteiger partial charge in [-0.2, -0.15) is 8.42 Å². The van der Waals surface area contributed by atoms with E-state index in [1.54, 1.807) is 12.1 Å². The number of para-hydroxylation sites is 1. The normalized spacial score (nSPS) is 11.0. The van der Waals surface area contributed by atoms with Gasteiger partial charge in [0.05, 0.1) is 0 Å². The zero-order valence-electron chi connectivity index (χ0n) is 15.3. The zero-order chi connectivity index (χ0) is 18.3. The fourth-order valence-corrected chi connectivity index (χ4v) is 3.28. The van der Waals surface area contributed by atoms with Crippen LogP contribution in [0, 0.1) is 0 Å². The van der Waals surface area contributed by atoms with E-state index >= 15 is 0 Å². The van der Waals surface area contributed by atoms with Gasteiger partial charge in [-0.15, -0.1) is 5.75 Å². The minimum atomic E-state index is -4.41. The summed E-state index contributed by atoms with van der Waals surface area (Å²) in [6, 6.07) is 10.4. The summed E-state index contributed by atoms with van der Waals surface area (Å²) in [6.45, 7) is 2.15. The first-order chi connectivity index (χ1) is 11.9. The molecule has 0 aliphatic rings. The van der Waals surface area contributed by atoms with Crippen LogP contribution in [0.2, 0.25) is 0 Å². The van der Waals surface area contributed by atoms with E-state index in [-0.39, 0.29) is 46.0 Å². The van der Waals surface area contributed by atoms with Crippen LogP contribution in [-0.2, 0) is 16.5 Å². The molecular weight excluding hydrogens is 363 g/mol. The van der Waals surface area contributed by atoms with Crippen molar-refractivity contribution in [3.05, 3.63) is 48.0 Å². The van der Waals surface area contributed by atoms with Crippen molar-refractivity contribution in [1.29, 1.82) is 0 Å². The van der Waals surface area contributed by atoms with Crippen molar-refractivity contribution in [2.45, 2.75) is 50.3 Å². The summed E-state index contributed by atoms with van der Waals surface area (Å²) in [5.74, 6) is 0.314. The van der Waals surface area contributed by atoms with Gasteiger partial charge in [0.15, 0.2) is 5.75 Å². The van der Waals surface area contributed by atoms with Gasteiger partial charge in [-0.3, -0.25) is 4.55 Å². The van der Waals surface area contributed by atoms with Crippen LogP contribution >= 0.6 is 0 Å². The Bertz CT molecular complexity index is 788. The Kier molecular flexibility index (Phi) is 9.68. The molecule has 2 aromatic rings. The van der Waals surface area contributed by atoms with Gasteiger partial charge in [0.1, 0.15) is 10.6 Å². The third-order valence-corrected chi connectivity index (χ3v) is 4.81. The van der Waals surface area contributed by atoms with Crippen molar-refractivity contribution in [1.82, 2.24) is 0 Å². The third-order valence-electron chi connectivity index (χ3n) is 3.93. The molecule has 0 bridgehead atoms. The first-order valence-corrected chi connectivity index (χ1v) is 9.90. The van der Waals surface area contributed by atoms with Crippen LogP contribution in [0.4, 0.5) is 0 Å². The van der Waals surface area contributed by atoms with Gasteiger partial charge in [-0.05, 0) is 36.6 Å². The molecule has 0 saturated carbocycles. The molecule has 0 heterocycles. The van der Waals surface area contributed by atoms with Crippen LogP contribution in [-0.4, -0.2) is 13.0 Å². The Morgan fingerprint density at radius 2 is 1.65 bits per heavy atom. The SMILES string of the molecule is CCCCCCCc1cccc(S(=O)(=O)O)c1Oc1ccc([O-])cc1.[Na+]. The molecule has 0 spiro atoms. The summed E-state index contributed by atoms with van der Waals surface area (Å²) in [4.78, 5) is -0.259. The van der Waals surface area contributed by atoms with E-state index in [0.29, 0.717) is 12.2 Å². The quantitative estimate of drug-likeness (QED) is 0.399. The summed E-state index contributed by atoms with van der Waals surface area (Å²) in [5.41, 5.74) is 0.720. The van der Waals surface area contributed by atoms with Crippen molar-refractivity contribution in [2.75, 3.05) is 0 Å². The Balaban J connectivity index is 0.00000338. The Hall–Kier alpha value is -1.05. The first kappa shape index (κ1) is 23.0. The fourth-order valence-electron chi connectivity index (χ4n) is 2.62. The van der Waals surface area contributed by atoms with Crippen molar-refractivity contribution in [3.8, 4) is 17.2 Å². The van der Waals surface area contributed by atoms with Gasteiger partial charge in [0.2, 0.25) is 0 Å². The van der Waals surface area contributed by atoms with E-state index in [4.69, 9.17) is 4.74 Å². The van der Waals surface area contributed by atoms with Crippen molar-refractivity contribution >= 4 is 10.1 Å². The van der Waals surface area contributed by atoms with E-state index < -0.39 is 10.1 Å². The third kappa shape index (κ3) is 6.93. The van der Waals surface area contributed by atoms with E-state index in [0.717, 1.165) is 31.2 Å². The minimum Gasteiger partial charge on any atom is -0.872 e. The molecule has 26 heavy (non-hydrogen) atoms. The van der Waals surface area contributed by atoms with E-state index in [1.807, 2.05) is 0 Å². The molecule has 2 aromatic carbocycles. The molecule has 0 radical (unpaired) electrons. The number of unbranched alkanes of at least 4 members (excludes halogenated alkanes) is 4. The zero-order valence-corrected chi connectivity index (χ0v) is 18.1. The first-order valence-electron chi connectivity index (χ1n) is 8.46. The van der Waals surface area contributed by atoms with E-state index in [1.165, 1.54) is 36.8 Å². The molecule has 0 aliphatic carbocycles. The van der Waals surface area contributed by atoms with Crippen molar-refractivity contribution in [3.63, 3.8) is 0 Å². The Labute approximate surface area is 177 Å². The molecule has 2 rings (SSSR count). The molecule has 0 saturated heterocycles. The summed E-state index contributed by atoms with van der Waals surface area (Å²) in [5, 5.41) is 11.2. The standard InChI is InChI=1S/C19H24O5S.Na/c1-2-3-4-5-6-8-15-9-7-10-18(25(21,22)23)19(15)24-17-13-11-16(20)12-14-17;/h7,9-14,20H,2-6,8H2,1H3,(H,21,22,23);/q;+1/p-1. The topological polar surface area (TPSA) is 86.7 Å². The molecular formula is C19H23NaO5S. The summed E-state index contributed by atoms with van der Waals surface area (Å²) in [7, 11) is -4.41. The predicted molar refractivity (Wildman–Crippen MR) is 94.7 cm³/mol.